The van der Waals surface area contributed by atoms with Gasteiger partial charge in [0.1, 0.15) is 13.2 Å². The quantitative estimate of drug-likeness (QED) is 0.784. The van der Waals surface area contributed by atoms with Gasteiger partial charge < -0.3 is 14.8 Å². The van der Waals surface area contributed by atoms with E-state index in [1.165, 1.54) is 0 Å². The Morgan fingerprint density at radius 1 is 1.04 bits per heavy atom. The number of para-hydroxylation sites is 1. The predicted octanol–water partition coefficient (Wildman–Crippen LogP) is 3.57. The second kappa shape index (κ2) is 5.85. The third-order valence-corrected chi connectivity index (χ3v) is 3.90. The number of aryl methyl sites for hydroxylation is 1. The third-order valence-electron chi connectivity index (χ3n) is 3.90. The molecular formula is C19H16N2O3. The number of aromatic nitrogens is 1. The van der Waals surface area contributed by atoms with E-state index < -0.39 is 0 Å². The first-order valence-electron chi connectivity index (χ1n) is 7.78. The van der Waals surface area contributed by atoms with Gasteiger partial charge in [-0.15, -0.1) is 0 Å². The number of amides is 1. The van der Waals surface area contributed by atoms with E-state index in [9.17, 15) is 4.79 Å². The largest absolute Gasteiger partial charge is 0.486 e. The van der Waals surface area contributed by atoms with Crippen molar-refractivity contribution in [3.63, 3.8) is 0 Å². The van der Waals surface area contributed by atoms with Gasteiger partial charge >= 0.3 is 0 Å². The highest BCUT2D eigenvalue weighted by Gasteiger charge is 2.16. The SMILES string of the molecule is Cc1cc(NC(=O)c2ccc3c(c2)OCCO3)c2ccccc2n1. The van der Waals surface area contributed by atoms with E-state index in [4.69, 9.17) is 9.47 Å². The lowest BCUT2D eigenvalue weighted by molar-refractivity contribution is 0.102. The molecule has 0 fully saturated rings. The summed E-state index contributed by atoms with van der Waals surface area (Å²) >= 11 is 0. The first-order valence-corrected chi connectivity index (χ1v) is 7.78. The first kappa shape index (κ1) is 14.5. The van der Waals surface area contributed by atoms with Crippen molar-refractivity contribution in [2.45, 2.75) is 6.92 Å². The number of carbonyl (C=O) groups excluding carboxylic acids is 1. The van der Waals surface area contributed by atoms with Crippen molar-refractivity contribution in [1.82, 2.24) is 4.98 Å². The van der Waals surface area contributed by atoms with Crippen molar-refractivity contribution >= 4 is 22.5 Å². The van der Waals surface area contributed by atoms with Crippen LogP contribution in [-0.4, -0.2) is 24.1 Å². The van der Waals surface area contributed by atoms with Crippen LogP contribution in [0, 0.1) is 6.92 Å². The summed E-state index contributed by atoms with van der Waals surface area (Å²) < 4.78 is 11.0. The van der Waals surface area contributed by atoms with Gasteiger partial charge in [0.15, 0.2) is 11.5 Å². The molecule has 1 N–H and O–H groups in total. The fraction of sp³-hybridized carbons (Fsp3) is 0.158. The maximum absolute atomic E-state index is 12.6. The molecule has 0 radical (unpaired) electrons. The van der Waals surface area contributed by atoms with Crippen LogP contribution in [0.2, 0.25) is 0 Å². The van der Waals surface area contributed by atoms with Crippen LogP contribution in [0.15, 0.2) is 48.5 Å². The van der Waals surface area contributed by atoms with Crippen molar-refractivity contribution in [3.05, 3.63) is 59.8 Å². The van der Waals surface area contributed by atoms with E-state index in [-0.39, 0.29) is 5.91 Å². The predicted molar refractivity (Wildman–Crippen MR) is 91.9 cm³/mol. The standard InChI is InChI=1S/C19H16N2O3/c1-12-10-16(14-4-2-3-5-15(14)20-12)21-19(22)13-6-7-17-18(11-13)24-9-8-23-17/h2-7,10-11H,8-9H2,1H3,(H,20,21,22). The van der Waals surface area contributed by atoms with Crippen LogP contribution in [-0.2, 0) is 0 Å². The molecular weight excluding hydrogens is 304 g/mol. The number of nitrogens with one attached hydrogen (secondary N) is 1. The average molecular weight is 320 g/mol. The summed E-state index contributed by atoms with van der Waals surface area (Å²) in [6.45, 7) is 2.93. The molecule has 2 heterocycles. The number of anilines is 1. The van der Waals surface area contributed by atoms with Crippen LogP contribution in [0.5, 0.6) is 11.5 Å². The van der Waals surface area contributed by atoms with E-state index >= 15 is 0 Å². The highest BCUT2D eigenvalue weighted by atomic mass is 16.6. The molecule has 0 atom stereocenters. The smallest absolute Gasteiger partial charge is 0.255 e. The van der Waals surface area contributed by atoms with Crippen molar-refractivity contribution < 1.29 is 14.3 Å². The molecule has 4 rings (SSSR count). The van der Waals surface area contributed by atoms with E-state index in [0.717, 1.165) is 22.3 Å². The number of fused-ring (bicyclic) bond motifs is 2. The minimum Gasteiger partial charge on any atom is -0.486 e. The minimum absolute atomic E-state index is 0.192. The highest BCUT2D eigenvalue weighted by molar-refractivity contribution is 6.09. The van der Waals surface area contributed by atoms with Crippen molar-refractivity contribution in [3.8, 4) is 11.5 Å². The molecule has 5 nitrogen and oxygen atoms in total. The maximum atomic E-state index is 12.6. The number of benzene rings is 2. The van der Waals surface area contributed by atoms with Gasteiger partial charge in [-0.05, 0) is 37.3 Å². The average Bonchev–Trinajstić information content (AvgIpc) is 2.61. The fourth-order valence-corrected chi connectivity index (χ4v) is 2.79. The molecule has 1 aromatic heterocycles. The van der Waals surface area contributed by atoms with Crippen LogP contribution in [0.4, 0.5) is 5.69 Å². The Bertz CT molecular complexity index is 937. The highest BCUT2D eigenvalue weighted by Crippen LogP contribution is 2.31. The number of hydrogen-bond acceptors (Lipinski definition) is 4. The van der Waals surface area contributed by atoms with Crippen LogP contribution < -0.4 is 14.8 Å². The summed E-state index contributed by atoms with van der Waals surface area (Å²) in [5, 5.41) is 3.88. The maximum Gasteiger partial charge on any atom is 0.255 e. The van der Waals surface area contributed by atoms with Gasteiger partial charge in [0.25, 0.3) is 5.91 Å². The summed E-state index contributed by atoms with van der Waals surface area (Å²) in [4.78, 5) is 17.1. The molecule has 0 unspecified atom stereocenters. The Labute approximate surface area is 139 Å². The Balaban J connectivity index is 1.67. The van der Waals surface area contributed by atoms with Crippen LogP contribution in [0.25, 0.3) is 10.9 Å². The molecule has 1 amide bonds. The number of nitrogens with zero attached hydrogens (tertiary/aromatic N) is 1. The fourth-order valence-electron chi connectivity index (χ4n) is 2.79. The molecule has 0 saturated heterocycles. The molecule has 0 saturated carbocycles. The molecule has 3 aromatic rings. The van der Waals surface area contributed by atoms with Gasteiger partial charge in [-0.25, -0.2) is 0 Å². The topological polar surface area (TPSA) is 60.5 Å². The molecule has 5 heteroatoms. The van der Waals surface area contributed by atoms with Crippen LogP contribution >= 0.6 is 0 Å². The monoisotopic (exact) mass is 320 g/mol. The molecule has 0 spiro atoms. The van der Waals surface area contributed by atoms with Gasteiger partial charge in [0.2, 0.25) is 0 Å². The second-order valence-corrected chi connectivity index (χ2v) is 5.64. The molecule has 0 bridgehead atoms. The van der Waals surface area contributed by atoms with Crippen LogP contribution in [0.1, 0.15) is 16.1 Å². The second-order valence-electron chi connectivity index (χ2n) is 5.64. The number of rotatable bonds is 2. The Morgan fingerprint density at radius 3 is 2.71 bits per heavy atom. The zero-order chi connectivity index (χ0) is 16.5. The van der Waals surface area contributed by atoms with Crippen LogP contribution in [0.3, 0.4) is 0 Å². The minimum atomic E-state index is -0.192. The molecule has 120 valence electrons. The Morgan fingerprint density at radius 2 is 1.83 bits per heavy atom. The normalized spacial score (nSPS) is 12.9. The molecule has 1 aliphatic heterocycles. The summed E-state index contributed by atoms with van der Waals surface area (Å²) in [6.07, 6.45) is 0. The lowest BCUT2D eigenvalue weighted by Gasteiger charge is -2.18. The van der Waals surface area contributed by atoms with Crippen molar-refractivity contribution in [2.75, 3.05) is 18.5 Å². The van der Waals surface area contributed by atoms with Gasteiger partial charge in [0, 0.05) is 16.6 Å². The van der Waals surface area contributed by atoms with Gasteiger partial charge in [-0.2, -0.15) is 0 Å². The number of ether oxygens (including phenoxy) is 2. The van der Waals surface area contributed by atoms with Crippen molar-refractivity contribution in [1.29, 1.82) is 0 Å². The molecule has 0 aliphatic carbocycles. The summed E-state index contributed by atoms with van der Waals surface area (Å²) in [6, 6.07) is 14.8. The van der Waals surface area contributed by atoms with Gasteiger partial charge in [-0.3, -0.25) is 9.78 Å². The number of carbonyl (C=O) groups is 1. The molecule has 2 aromatic carbocycles. The van der Waals surface area contributed by atoms with E-state index in [2.05, 4.69) is 10.3 Å². The first-order chi connectivity index (χ1) is 11.7. The van der Waals surface area contributed by atoms with E-state index in [1.54, 1.807) is 18.2 Å². The van der Waals surface area contributed by atoms with E-state index in [0.29, 0.717) is 30.3 Å². The third kappa shape index (κ3) is 2.65. The molecule has 24 heavy (non-hydrogen) atoms. The Kier molecular flexibility index (Phi) is 3.54. The Hall–Kier alpha value is -3.08. The van der Waals surface area contributed by atoms with Gasteiger partial charge in [-0.1, -0.05) is 18.2 Å². The zero-order valence-corrected chi connectivity index (χ0v) is 13.2. The lowest BCUT2D eigenvalue weighted by Crippen LogP contribution is -2.17. The number of hydrogen-bond donors (Lipinski definition) is 1. The summed E-state index contributed by atoms with van der Waals surface area (Å²) in [5.41, 5.74) is 2.98. The lowest BCUT2D eigenvalue weighted by atomic mass is 10.1. The summed E-state index contributed by atoms with van der Waals surface area (Å²) in [7, 11) is 0. The zero-order valence-electron chi connectivity index (χ0n) is 13.2. The van der Waals surface area contributed by atoms with Crippen molar-refractivity contribution in [2.24, 2.45) is 0 Å². The summed E-state index contributed by atoms with van der Waals surface area (Å²) in [5.74, 6) is 1.08. The van der Waals surface area contributed by atoms with Gasteiger partial charge in [0.05, 0.1) is 11.2 Å². The molecule has 1 aliphatic rings. The number of pyridine rings is 1. The van der Waals surface area contributed by atoms with E-state index in [1.807, 2.05) is 37.3 Å².